The van der Waals surface area contributed by atoms with Crippen molar-refractivity contribution < 1.29 is 24.5 Å². The summed E-state index contributed by atoms with van der Waals surface area (Å²) in [7, 11) is 0. The highest BCUT2D eigenvalue weighted by molar-refractivity contribution is 5.73. The van der Waals surface area contributed by atoms with Crippen LogP contribution in [0.1, 0.15) is 5.56 Å². The molecule has 0 radical (unpaired) electrons. The maximum absolute atomic E-state index is 13.1. The van der Waals surface area contributed by atoms with Crippen molar-refractivity contribution in [3.8, 4) is 11.5 Å². The van der Waals surface area contributed by atoms with E-state index in [0.717, 1.165) is 6.07 Å². The van der Waals surface area contributed by atoms with Crippen LogP contribution >= 0.6 is 0 Å². The standard InChI is InChI=1S/C9H10FNO4/c10-5-3-8(13)7(12)2-4(5)1-6(11)9(14)15/h2-3,6,12-13H,1,11H2,(H,14,15)/t6-/m0/s1. The van der Waals surface area contributed by atoms with Gasteiger partial charge in [-0.25, -0.2) is 4.39 Å². The van der Waals surface area contributed by atoms with Gasteiger partial charge < -0.3 is 21.1 Å². The smallest absolute Gasteiger partial charge is 0.320 e. The lowest BCUT2D eigenvalue weighted by atomic mass is 10.1. The van der Waals surface area contributed by atoms with Crippen LogP contribution in [0.3, 0.4) is 0 Å². The van der Waals surface area contributed by atoms with E-state index < -0.39 is 29.3 Å². The molecule has 1 rings (SSSR count). The fraction of sp³-hybridized carbons (Fsp3) is 0.222. The molecular weight excluding hydrogens is 205 g/mol. The highest BCUT2D eigenvalue weighted by Crippen LogP contribution is 2.27. The van der Waals surface area contributed by atoms with E-state index in [1.165, 1.54) is 0 Å². The monoisotopic (exact) mass is 215 g/mol. The Bertz CT molecular complexity index is 394. The van der Waals surface area contributed by atoms with E-state index >= 15 is 0 Å². The number of carboxylic acid groups (broad SMARTS) is 1. The van der Waals surface area contributed by atoms with Crippen LogP contribution in [0.5, 0.6) is 11.5 Å². The molecule has 0 aliphatic carbocycles. The molecule has 5 N–H and O–H groups in total. The minimum atomic E-state index is -1.26. The molecular formula is C9H10FNO4. The number of carboxylic acids is 1. The second-order valence-corrected chi connectivity index (χ2v) is 3.08. The number of hydrogen-bond donors (Lipinski definition) is 4. The maximum atomic E-state index is 13.1. The molecule has 1 atom stereocenters. The molecule has 15 heavy (non-hydrogen) atoms. The van der Waals surface area contributed by atoms with Crippen LogP contribution in [0.4, 0.5) is 4.39 Å². The van der Waals surface area contributed by atoms with Crippen LogP contribution in [0.15, 0.2) is 12.1 Å². The first-order valence-corrected chi connectivity index (χ1v) is 4.10. The van der Waals surface area contributed by atoms with Gasteiger partial charge in [-0.2, -0.15) is 0 Å². The molecule has 0 amide bonds. The fourth-order valence-corrected chi connectivity index (χ4v) is 1.08. The summed E-state index contributed by atoms with van der Waals surface area (Å²) in [5.74, 6) is -3.17. The Balaban J connectivity index is 2.95. The average Bonchev–Trinajstić information content (AvgIpc) is 2.13. The zero-order valence-electron chi connectivity index (χ0n) is 7.64. The van der Waals surface area contributed by atoms with Crippen molar-refractivity contribution in [2.75, 3.05) is 0 Å². The minimum Gasteiger partial charge on any atom is -0.504 e. The zero-order chi connectivity index (χ0) is 11.6. The Morgan fingerprint density at radius 2 is 1.93 bits per heavy atom. The first-order chi connectivity index (χ1) is 6.91. The molecule has 82 valence electrons. The highest BCUT2D eigenvalue weighted by Gasteiger charge is 2.16. The number of hydrogen-bond acceptors (Lipinski definition) is 4. The third-order valence-electron chi connectivity index (χ3n) is 1.90. The van der Waals surface area contributed by atoms with Crippen LogP contribution in [0.2, 0.25) is 0 Å². The molecule has 0 saturated carbocycles. The Hall–Kier alpha value is -1.82. The normalized spacial score (nSPS) is 12.4. The van der Waals surface area contributed by atoms with Crippen molar-refractivity contribution in [1.82, 2.24) is 0 Å². The van der Waals surface area contributed by atoms with E-state index in [1.54, 1.807) is 0 Å². The number of carbonyl (C=O) groups is 1. The van der Waals surface area contributed by atoms with Gasteiger partial charge in [-0.3, -0.25) is 4.79 Å². The molecule has 0 heterocycles. The summed E-state index contributed by atoms with van der Waals surface area (Å²) in [5, 5.41) is 26.5. The summed E-state index contributed by atoms with van der Waals surface area (Å²) < 4.78 is 13.1. The van der Waals surface area contributed by atoms with Gasteiger partial charge >= 0.3 is 5.97 Å². The molecule has 0 aliphatic heterocycles. The van der Waals surface area contributed by atoms with E-state index in [0.29, 0.717) is 6.07 Å². The number of aromatic hydroxyl groups is 2. The highest BCUT2D eigenvalue weighted by atomic mass is 19.1. The predicted molar refractivity (Wildman–Crippen MR) is 49.0 cm³/mol. The van der Waals surface area contributed by atoms with Crippen LogP contribution in [-0.4, -0.2) is 27.3 Å². The van der Waals surface area contributed by atoms with Gasteiger partial charge in [0.1, 0.15) is 11.9 Å². The number of rotatable bonds is 3. The van der Waals surface area contributed by atoms with Gasteiger partial charge in [-0.05, 0) is 11.6 Å². The van der Waals surface area contributed by atoms with Gasteiger partial charge in [0.2, 0.25) is 0 Å². The minimum absolute atomic E-state index is 0.0554. The van der Waals surface area contributed by atoms with E-state index in [4.69, 9.17) is 21.1 Å². The number of halogens is 1. The fourth-order valence-electron chi connectivity index (χ4n) is 1.08. The molecule has 0 unspecified atom stereocenters. The average molecular weight is 215 g/mol. The van der Waals surface area contributed by atoms with Crippen LogP contribution in [0, 0.1) is 5.82 Å². The lowest BCUT2D eigenvalue weighted by molar-refractivity contribution is -0.138. The number of nitrogens with two attached hydrogens (primary N) is 1. The summed E-state index contributed by atoms with van der Waals surface area (Å²) in [4.78, 5) is 10.4. The molecule has 0 aliphatic rings. The summed E-state index contributed by atoms with van der Waals surface area (Å²) in [5.41, 5.74) is 5.14. The van der Waals surface area contributed by atoms with Crippen molar-refractivity contribution in [1.29, 1.82) is 0 Å². The van der Waals surface area contributed by atoms with E-state index in [-0.39, 0.29) is 12.0 Å². The third-order valence-corrected chi connectivity index (χ3v) is 1.90. The quantitative estimate of drug-likeness (QED) is 0.539. The summed E-state index contributed by atoms with van der Waals surface area (Å²) >= 11 is 0. The summed E-state index contributed by atoms with van der Waals surface area (Å²) in [6.07, 6.45) is -0.255. The molecule has 0 saturated heterocycles. The van der Waals surface area contributed by atoms with Crippen molar-refractivity contribution in [2.45, 2.75) is 12.5 Å². The zero-order valence-corrected chi connectivity index (χ0v) is 7.64. The number of benzene rings is 1. The first kappa shape index (κ1) is 11.3. The Kier molecular flexibility index (Phi) is 3.11. The van der Waals surface area contributed by atoms with Gasteiger partial charge in [0.25, 0.3) is 0 Å². The lowest BCUT2D eigenvalue weighted by Crippen LogP contribution is -2.32. The SMILES string of the molecule is N[C@@H](Cc1cc(O)c(O)cc1F)C(=O)O. The van der Waals surface area contributed by atoms with Gasteiger partial charge in [0, 0.05) is 12.5 Å². The van der Waals surface area contributed by atoms with Crippen molar-refractivity contribution in [3.63, 3.8) is 0 Å². The maximum Gasteiger partial charge on any atom is 0.320 e. The third kappa shape index (κ3) is 2.57. The Morgan fingerprint density at radius 3 is 2.47 bits per heavy atom. The Morgan fingerprint density at radius 1 is 1.40 bits per heavy atom. The molecule has 6 heteroatoms. The van der Waals surface area contributed by atoms with Gasteiger partial charge in [0.05, 0.1) is 0 Å². The van der Waals surface area contributed by atoms with E-state index in [1.807, 2.05) is 0 Å². The van der Waals surface area contributed by atoms with Crippen LogP contribution < -0.4 is 5.73 Å². The topological polar surface area (TPSA) is 104 Å². The molecule has 0 aromatic heterocycles. The molecule has 0 spiro atoms. The van der Waals surface area contributed by atoms with Gasteiger partial charge in [-0.15, -0.1) is 0 Å². The molecule has 0 bridgehead atoms. The summed E-state index contributed by atoms with van der Waals surface area (Å²) in [6, 6.07) is 0.413. The van der Waals surface area contributed by atoms with Crippen molar-refractivity contribution in [2.24, 2.45) is 5.73 Å². The number of phenolic OH excluding ortho intramolecular Hbond substituents is 2. The van der Waals surface area contributed by atoms with Crippen molar-refractivity contribution >= 4 is 5.97 Å². The Labute approximate surface area is 84.6 Å². The molecule has 0 fully saturated rings. The molecule has 1 aromatic carbocycles. The van der Waals surface area contributed by atoms with E-state index in [9.17, 15) is 9.18 Å². The second-order valence-electron chi connectivity index (χ2n) is 3.08. The van der Waals surface area contributed by atoms with Crippen LogP contribution in [-0.2, 0) is 11.2 Å². The van der Waals surface area contributed by atoms with Crippen molar-refractivity contribution in [3.05, 3.63) is 23.5 Å². The largest absolute Gasteiger partial charge is 0.504 e. The predicted octanol–water partition coefficient (Wildman–Crippen LogP) is 0.191. The number of aliphatic carboxylic acids is 1. The van der Waals surface area contributed by atoms with Gasteiger partial charge in [0.15, 0.2) is 11.5 Å². The van der Waals surface area contributed by atoms with Gasteiger partial charge in [-0.1, -0.05) is 0 Å². The number of phenols is 2. The summed E-state index contributed by atoms with van der Waals surface area (Å²) in [6.45, 7) is 0. The molecule has 1 aromatic rings. The lowest BCUT2D eigenvalue weighted by Gasteiger charge is -2.08. The van der Waals surface area contributed by atoms with Crippen LogP contribution in [0.25, 0.3) is 0 Å². The molecule has 5 nitrogen and oxygen atoms in total. The van der Waals surface area contributed by atoms with E-state index in [2.05, 4.69) is 0 Å². The first-order valence-electron chi connectivity index (χ1n) is 4.10. The second kappa shape index (κ2) is 4.14.